The molecule has 0 unspecified atom stereocenters. The van der Waals surface area contributed by atoms with Gasteiger partial charge in [-0.1, -0.05) is 0 Å². The summed E-state index contributed by atoms with van der Waals surface area (Å²) in [6.45, 7) is 0. The molecule has 0 saturated carbocycles. The van der Waals surface area contributed by atoms with E-state index in [2.05, 4.69) is 0 Å². The Hall–Kier alpha value is 0.276. The van der Waals surface area contributed by atoms with Crippen LogP contribution in [0.1, 0.15) is 0 Å². The SMILES string of the molecule is [Mg+][c]1ccc(Cl)cc1. The van der Waals surface area contributed by atoms with E-state index in [1.807, 2.05) is 46.0 Å². The van der Waals surface area contributed by atoms with Crippen LogP contribution in [0.4, 0.5) is 0 Å². The molecule has 0 nitrogen and oxygen atoms in total. The molecule has 0 bridgehead atoms. The molecule has 0 atom stereocenters. The van der Waals surface area contributed by atoms with Crippen LogP contribution in [0.5, 0.6) is 0 Å². The van der Waals surface area contributed by atoms with Gasteiger partial charge in [0.15, 0.2) is 0 Å². The first kappa shape index (κ1) is 6.40. The number of hydrogen-bond donors (Lipinski definition) is 0. The van der Waals surface area contributed by atoms with Crippen molar-refractivity contribution in [3.8, 4) is 0 Å². The van der Waals surface area contributed by atoms with Gasteiger partial charge < -0.3 is 0 Å². The monoisotopic (exact) mass is 135 g/mol. The van der Waals surface area contributed by atoms with Gasteiger partial charge in [0.25, 0.3) is 0 Å². The number of halogens is 1. The molecule has 0 fully saturated rings. The van der Waals surface area contributed by atoms with E-state index < -0.39 is 0 Å². The normalized spacial score (nSPS) is 9.38. The predicted octanol–water partition coefficient (Wildman–Crippen LogP) is 1.13. The van der Waals surface area contributed by atoms with E-state index in [4.69, 9.17) is 11.6 Å². The average molecular weight is 136 g/mol. The quantitative estimate of drug-likeness (QED) is 0.469. The van der Waals surface area contributed by atoms with Gasteiger partial charge in [-0.05, 0) is 0 Å². The maximum atomic E-state index is 5.61. The van der Waals surface area contributed by atoms with Gasteiger partial charge in [0.1, 0.15) is 0 Å². The Morgan fingerprint density at radius 1 is 1.12 bits per heavy atom. The summed E-state index contributed by atoms with van der Waals surface area (Å²) in [5.41, 5.74) is 0. The molecule has 1 aromatic carbocycles. The van der Waals surface area contributed by atoms with E-state index >= 15 is 0 Å². The van der Waals surface area contributed by atoms with Crippen molar-refractivity contribution in [1.82, 2.24) is 0 Å². The molecule has 0 aliphatic rings. The van der Waals surface area contributed by atoms with Gasteiger partial charge in [-0.2, -0.15) is 0 Å². The van der Waals surface area contributed by atoms with Crippen LogP contribution in [0.25, 0.3) is 0 Å². The zero-order chi connectivity index (χ0) is 5.98. The van der Waals surface area contributed by atoms with Gasteiger partial charge in [-0.3, -0.25) is 0 Å². The molecule has 1 rings (SSSR count). The maximum absolute atomic E-state index is 5.61. The Balaban J connectivity index is 3.03. The molecule has 0 radical (unpaired) electrons. The van der Waals surface area contributed by atoms with E-state index in [9.17, 15) is 0 Å². The number of benzene rings is 1. The Morgan fingerprint density at radius 3 is 2.00 bits per heavy atom. The van der Waals surface area contributed by atoms with Crippen molar-refractivity contribution < 1.29 is 0 Å². The molecule has 36 valence electrons. The summed E-state index contributed by atoms with van der Waals surface area (Å²) in [5.74, 6) is 0. The van der Waals surface area contributed by atoms with E-state index in [1.165, 1.54) is 3.69 Å². The first-order valence-corrected chi connectivity index (χ1v) is 3.45. The van der Waals surface area contributed by atoms with E-state index in [-0.39, 0.29) is 0 Å². The van der Waals surface area contributed by atoms with Crippen molar-refractivity contribution >= 4 is 37.0 Å². The summed E-state index contributed by atoms with van der Waals surface area (Å²) in [6, 6.07) is 7.79. The zero-order valence-corrected chi connectivity index (χ0v) is 6.56. The Bertz CT molecular complexity index is 147. The standard InChI is InChI=1S/C6H4Cl.Mg/c7-6-4-2-1-3-5-6;/h2-5H;/q;+1. The fourth-order valence-corrected chi connectivity index (χ4v) is 0.846. The average Bonchev–Trinajstić information content (AvgIpc) is 1.77. The van der Waals surface area contributed by atoms with Crippen molar-refractivity contribution in [3.05, 3.63) is 29.3 Å². The van der Waals surface area contributed by atoms with Gasteiger partial charge in [0.2, 0.25) is 0 Å². The van der Waals surface area contributed by atoms with Crippen LogP contribution in [0.3, 0.4) is 0 Å². The van der Waals surface area contributed by atoms with E-state index in [0.29, 0.717) is 0 Å². The van der Waals surface area contributed by atoms with E-state index in [0.717, 1.165) is 5.02 Å². The zero-order valence-electron chi connectivity index (χ0n) is 4.39. The van der Waals surface area contributed by atoms with Crippen LogP contribution >= 0.6 is 11.6 Å². The molecule has 1 aromatic rings. The minimum atomic E-state index is 0.806. The van der Waals surface area contributed by atoms with Gasteiger partial charge >= 0.3 is 66.3 Å². The van der Waals surface area contributed by atoms with Gasteiger partial charge in [0, 0.05) is 0 Å². The fraction of sp³-hybridized carbons (Fsp3) is 0. The fourth-order valence-electron chi connectivity index (χ4n) is 0.484. The molecular formula is C6H4ClMg+. The third kappa shape index (κ3) is 1.65. The van der Waals surface area contributed by atoms with Crippen LogP contribution in [0.2, 0.25) is 5.02 Å². The second-order valence-corrected chi connectivity index (χ2v) is 2.88. The molecule has 0 saturated heterocycles. The van der Waals surface area contributed by atoms with Crippen molar-refractivity contribution in [2.75, 3.05) is 0 Å². The minimum absolute atomic E-state index is 0.806. The Morgan fingerprint density at radius 2 is 1.62 bits per heavy atom. The summed E-state index contributed by atoms with van der Waals surface area (Å²) >= 11 is 7.47. The van der Waals surface area contributed by atoms with Gasteiger partial charge in [-0.15, -0.1) is 0 Å². The topological polar surface area (TPSA) is 0 Å². The van der Waals surface area contributed by atoms with Gasteiger partial charge in [-0.25, -0.2) is 0 Å². The van der Waals surface area contributed by atoms with Crippen LogP contribution in [0.15, 0.2) is 24.3 Å². The second-order valence-electron chi connectivity index (χ2n) is 1.63. The third-order valence-electron chi connectivity index (χ3n) is 0.913. The number of rotatable bonds is 0. The Kier molecular flexibility index (Phi) is 2.17. The molecule has 2 heteroatoms. The van der Waals surface area contributed by atoms with Crippen molar-refractivity contribution in [2.45, 2.75) is 0 Å². The summed E-state index contributed by atoms with van der Waals surface area (Å²) < 4.78 is 1.27. The molecular weight excluding hydrogens is 132 g/mol. The molecule has 0 aromatic heterocycles. The number of hydrogen-bond acceptors (Lipinski definition) is 0. The first-order chi connectivity index (χ1) is 3.79. The molecule has 0 amide bonds. The van der Waals surface area contributed by atoms with Crippen LogP contribution in [-0.2, 0) is 0 Å². The van der Waals surface area contributed by atoms with Crippen LogP contribution in [-0.4, -0.2) is 21.7 Å². The van der Waals surface area contributed by atoms with Crippen molar-refractivity contribution in [1.29, 1.82) is 0 Å². The predicted molar refractivity (Wildman–Crippen MR) is 36.8 cm³/mol. The summed E-state index contributed by atoms with van der Waals surface area (Å²) in [6.07, 6.45) is 0. The van der Waals surface area contributed by atoms with E-state index in [1.54, 1.807) is 0 Å². The molecule has 8 heavy (non-hydrogen) atoms. The van der Waals surface area contributed by atoms with Crippen LogP contribution in [0, 0.1) is 0 Å². The van der Waals surface area contributed by atoms with Crippen LogP contribution < -0.4 is 3.69 Å². The molecule has 0 N–H and O–H groups in total. The second kappa shape index (κ2) is 2.71. The summed E-state index contributed by atoms with van der Waals surface area (Å²) in [7, 11) is 0. The van der Waals surface area contributed by atoms with Gasteiger partial charge in [0.05, 0.1) is 0 Å². The van der Waals surface area contributed by atoms with Crippen molar-refractivity contribution in [2.24, 2.45) is 0 Å². The molecule has 0 heterocycles. The Labute approximate surface area is 66.3 Å². The third-order valence-corrected chi connectivity index (χ3v) is 1.64. The molecule has 0 aliphatic carbocycles. The molecule has 0 spiro atoms. The summed E-state index contributed by atoms with van der Waals surface area (Å²) in [5, 5.41) is 0.806. The first-order valence-electron chi connectivity index (χ1n) is 2.36. The molecule has 0 aliphatic heterocycles. The van der Waals surface area contributed by atoms with Crippen molar-refractivity contribution in [3.63, 3.8) is 0 Å². The summed E-state index contributed by atoms with van der Waals surface area (Å²) in [4.78, 5) is 0.